The number of rotatable bonds is 9. The standard InChI is InChI=1S/C17H28N2O2/c1-5-13(2)19(4)11-10-18-12-15-6-8-16(9-7-15)14(3)17(20)21/h6-9,13-14,18H,5,10-12H2,1-4H3,(H,20,21). The lowest BCUT2D eigenvalue weighted by molar-refractivity contribution is -0.138. The maximum atomic E-state index is 10.9. The molecule has 0 aliphatic carbocycles. The Hall–Kier alpha value is -1.39. The average molecular weight is 292 g/mol. The second-order valence-electron chi connectivity index (χ2n) is 5.72. The Labute approximate surface area is 128 Å². The molecule has 2 atom stereocenters. The number of likely N-dealkylation sites (N-methyl/N-ethyl adjacent to an activating group) is 1. The molecule has 0 aliphatic rings. The minimum atomic E-state index is -0.783. The lowest BCUT2D eigenvalue weighted by atomic mass is 10.0. The Morgan fingerprint density at radius 2 is 1.90 bits per heavy atom. The molecule has 0 aromatic heterocycles. The summed E-state index contributed by atoms with van der Waals surface area (Å²) in [4.78, 5) is 13.3. The lowest BCUT2D eigenvalue weighted by Gasteiger charge is -2.23. The Bertz CT molecular complexity index is 431. The van der Waals surface area contributed by atoms with Crippen LogP contribution >= 0.6 is 0 Å². The van der Waals surface area contributed by atoms with E-state index in [0.717, 1.165) is 25.2 Å². The van der Waals surface area contributed by atoms with E-state index in [1.165, 1.54) is 12.0 Å². The molecule has 0 heterocycles. The summed E-state index contributed by atoms with van der Waals surface area (Å²) in [7, 11) is 2.15. The third-order valence-electron chi connectivity index (χ3n) is 4.16. The first kappa shape index (κ1) is 17.7. The molecule has 0 saturated heterocycles. The van der Waals surface area contributed by atoms with Gasteiger partial charge in [0.25, 0.3) is 0 Å². The fourth-order valence-corrected chi connectivity index (χ4v) is 2.09. The lowest BCUT2D eigenvalue weighted by Crippen LogP contribution is -2.34. The van der Waals surface area contributed by atoms with Crippen LogP contribution in [0.25, 0.3) is 0 Å². The number of carboxylic acid groups (broad SMARTS) is 1. The van der Waals surface area contributed by atoms with Crippen molar-refractivity contribution < 1.29 is 9.90 Å². The molecule has 0 bridgehead atoms. The van der Waals surface area contributed by atoms with Gasteiger partial charge in [0, 0.05) is 25.7 Å². The van der Waals surface area contributed by atoms with Gasteiger partial charge in [-0.25, -0.2) is 0 Å². The van der Waals surface area contributed by atoms with E-state index in [2.05, 4.69) is 31.1 Å². The summed E-state index contributed by atoms with van der Waals surface area (Å²) in [6.45, 7) is 8.95. The summed E-state index contributed by atoms with van der Waals surface area (Å²) >= 11 is 0. The summed E-state index contributed by atoms with van der Waals surface area (Å²) in [5, 5.41) is 12.4. The van der Waals surface area contributed by atoms with Crippen molar-refractivity contribution in [3.63, 3.8) is 0 Å². The second-order valence-corrected chi connectivity index (χ2v) is 5.72. The average Bonchev–Trinajstić information content (AvgIpc) is 2.50. The highest BCUT2D eigenvalue weighted by Gasteiger charge is 2.12. The van der Waals surface area contributed by atoms with Crippen LogP contribution < -0.4 is 5.32 Å². The minimum Gasteiger partial charge on any atom is -0.481 e. The molecule has 0 radical (unpaired) electrons. The molecule has 2 N–H and O–H groups in total. The van der Waals surface area contributed by atoms with Crippen LogP contribution in [0.15, 0.2) is 24.3 Å². The van der Waals surface area contributed by atoms with Crippen LogP contribution in [0.1, 0.15) is 44.2 Å². The fraction of sp³-hybridized carbons (Fsp3) is 0.588. The number of aliphatic carboxylic acids is 1. The van der Waals surface area contributed by atoms with Crippen molar-refractivity contribution in [2.45, 2.75) is 45.7 Å². The van der Waals surface area contributed by atoms with E-state index in [0.29, 0.717) is 6.04 Å². The summed E-state index contributed by atoms with van der Waals surface area (Å²) < 4.78 is 0. The molecular formula is C17H28N2O2. The predicted molar refractivity (Wildman–Crippen MR) is 86.6 cm³/mol. The van der Waals surface area contributed by atoms with Gasteiger partial charge in [-0.05, 0) is 38.4 Å². The van der Waals surface area contributed by atoms with Gasteiger partial charge < -0.3 is 15.3 Å². The number of carboxylic acids is 1. The third-order valence-corrected chi connectivity index (χ3v) is 4.16. The van der Waals surface area contributed by atoms with E-state index >= 15 is 0 Å². The first-order valence-corrected chi connectivity index (χ1v) is 7.68. The van der Waals surface area contributed by atoms with Gasteiger partial charge in [0.1, 0.15) is 0 Å². The maximum Gasteiger partial charge on any atom is 0.310 e. The molecule has 2 unspecified atom stereocenters. The molecule has 0 amide bonds. The van der Waals surface area contributed by atoms with Crippen LogP contribution in [-0.4, -0.2) is 42.2 Å². The zero-order chi connectivity index (χ0) is 15.8. The SMILES string of the molecule is CCC(C)N(C)CCNCc1ccc(C(C)C(=O)O)cc1. The van der Waals surface area contributed by atoms with E-state index in [1.807, 2.05) is 24.3 Å². The monoisotopic (exact) mass is 292 g/mol. The maximum absolute atomic E-state index is 10.9. The van der Waals surface area contributed by atoms with Crippen molar-refractivity contribution >= 4 is 5.97 Å². The number of hydrogen-bond acceptors (Lipinski definition) is 3. The smallest absolute Gasteiger partial charge is 0.310 e. The molecule has 21 heavy (non-hydrogen) atoms. The number of nitrogens with one attached hydrogen (secondary N) is 1. The van der Waals surface area contributed by atoms with Crippen LogP contribution in [0, 0.1) is 0 Å². The van der Waals surface area contributed by atoms with Crippen molar-refractivity contribution in [1.82, 2.24) is 10.2 Å². The van der Waals surface area contributed by atoms with E-state index < -0.39 is 11.9 Å². The quantitative estimate of drug-likeness (QED) is 0.687. The Morgan fingerprint density at radius 3 is 2.43 bits per heavy atom. The highest BCUT2D eigenvalue weighted by molar-refractivity contribution is 5.75. The van der Waals surface area contributed by atoms with Crippen molar-refractivity contribution in [3.05, 3.63) is 35.4 Å². The fourth-order valence-electron chi connectivity index (χ4n) is 2.09. The second kappa shape index (κ2) is 8.80. The number of carbonyl (C=O) groups is 1. The minimum absolute atomic E-state index is 0.448. The van der Waals surface area contributed by atoms with Crippen molar-refractivity contribution in [2.75, 3.05) is 20.1 Å². The van der Waals surface area contributed by atoms with E-state index in [1.54, 1.807) is 6.92 Å². The van der Waals surface area contributed by atoms with Crippen molar-refractivity contribution in [2.24, 2.45) is 0 Å². The van der Waals surface area contributed by atoms with Gasteiger partial charge in [-0.1, -0.05) is 31.2 Å². The van der Waals surface area contributed by atoms with Crippen molar-refractivity contribution in [3.8, 4) is 0 Å². The van der Waals surface area contributed by atoms with Gasteiger partial charge >= 0.3 is 5.97 Å². The zero-order valence-corrected chi connectivity index (χ0v) is 13.6. The molecule has 1 rings (SSSR count). The number of benzene rings is 1. The Morgan fingerprint density at radius 1 is 1.29 bits per heavy atom. The summed E-state index contributed by atoms with van der Waals surface area (Å²) in [6.07, 6.45) is 1.17. The van der Waals surface area contributed by atoms with Crippen molar-refractivity contribution in [1.29, 1.82) is 0 Å². The van der Waals surface area contributed by atoms with Crippen LogP contribution in [0.2, 0.25) is 0 Å². The molecule has 0 spiro atoms. The topological polar surface area (TPSA) is 52.6 Å². The van der Waals surface area contributed by atoms with Gasteiger partial charge in [0.2, 0.25) is 0 Å². The van der Waals surface area contributed by atoms with Crippen LogP contribution in [0.4, 0.5) is 0 Å². The van der Waals surface area contributed by atoms with Crippen LogP contribution in [0.5, 0.6) is 0 Å². The van der Waals surface area contributed by atoms with Crippen LogP contribution in [0.3, 0.4) is 0 Å². The normalized spacial score (nSPS) is 14.1. The van der Waals surface area contributed by atoms with Gasteiger partial charge in [0.05, 0.1) is 5.92 Å². The Kier molecular flexibility index (Phi) is 7.40. The molecule has 4 nitrogen and oxygen atoms in total. The zero-order valence-electron chi connectivity index (χ0n) is 13.6. The van der Waals surface area contributed by atoms with E-state index in [9.17, 15) is 4.79 Å². The molecule has 4 heteroatoms. The largest absolute Gasteiger partial charge is 0.481 e. The summed E-state index contributed by atoms with van der Waals surface area (Å²) in [6, 6.07) is 8.42. The number of nitrogens with zero attached hydrogens (tertiary/aromatic N) is 1. The third kappa shape index (κ3) is 5.86. The summed E-state index contributed by atoms with van der Waals surface area (Å²) in [5.74, 6) is -1.23. The molecule has 0 saturated carbocycles. The van der Waals surface area contributed by atoms with E-state index in [4.69, 9.17) is 5.11 Å². The molecular weight excluding hydrogens is 264 g/mol. The summed E-state index contributed by atoms with van der Waals surface area (Å²) in [5.41, 5.74) is 2.03. The molecule has 1 aromatic rings. The molecule has 0 fully saturated rings. The van der Waals surface area contributed by atoms with Crippen LogP contribution in [-0.2, 0) is 11.3 Å². The number of hydrogen-bond donors (Lipinski definition) is 2. The van der Waals surface area contributed by atoms with Gasteiger partial charge in [0.15, 0.2) is 0 Å². The highest BCUT2D eigenvalue weighted by atomic mass is 16.4. The highest BCUT2D eigenvalue weighted by Crippen LogP contribution is 2.15. The first-order chi connectivity index (χ1) is 9.95. The first-order valence-electron chi connectivity index (χ1n) is 7.68. The van der Waals surface area contributed by atoms with E-state index in [-0.39, 0.29) is 0 Å². The van der Waals surface area contributed by atoms with Gasteiger partial charge in [-0.15, -0.1) is 0 Å². The predicted octanol–water partition coefficient (Wildman–Crippen LogP) is 2.69. The van der Waals surface area contributed by atoms with Gasteiger partial charge in [-0.2, -0.15) is 0 Å². The molecule has 0 aliphatic heterocycles. The molecule has 118 valence electrons. The molecule has 1 aromatic carbocycles. The Balaban J connectivity index is 2.35. The van der Waals surface area contributed by atoms with Gasteiger partial charge in [-0.3, -0.25) is 4.79 Å².